The molecule has 0 fully saturated rings. The fourth-order valence-electron chi connectivity index (χ4n) is 2.67. The molecule has 3 aromatic carbocycles. The summed E-state index contributed by atoms with van der Waals surface area (Å²) in [5.74, 6) is -0.828. The predicted molar refractivity (Wildman–Crippen MR) is 103 cm³/mol. The van der Waals surface area contributed by atoms with E-state index in [9.17, 15) is 9.59 Å². The quantitative estimate of drug-likeness (QED) is 0.674. The lowest BCUT2D eigenvalue weighted by molar-refractivity contribution is -0.146. The van der Waals surface area contributed by atoms with Crippen molar-refractivity contribution in [1.29, 1.82) is 0 Å². The van der Waals surface area contributed by atoms with Crippen molar-refractivity contribution in [2.75, 3.05) is 11.9 Å². The number of esters is 1. The van der Waals surface area contributed by atoms with Crippen LogP contribution in [0.15, 0.2) is 60.7 Å². The molecule has 0 radical (unpaired) electrons. The van der Waals surface area contributed by atoms with Crippen LogP contribution < -0.4 is 5.32 Å². The maximum atomic E-state index is 12.0. The number of hydrogen-bond acceptors (Lipinski definition) is 3. The van der Waals surface area contributed by atoms with Gasteiger partial charge >= 0.3 is 5.97 Å². The van der Waals surface area contributed by atoms with Crippen molar-refractivity contribution in [1.82, 2.24) is 0 Å². The zero-order valence-corrected chi connectivity index (χ0v) is 15.0. The Morgan fingerprint density at radius 3 is 2.54 bits per heavy atom. The topological polar surface area (TPSA) is 55.4 Å². The average molecular weight is 368 g/mol. The maximum absolute atomic E-state index is 12.0. The van der Waals surface area contributed by atoms with Gasteiger partial charge in [-0.15, -0.1) is 0 Å². The van der Waals surface area contributed by atoms with Gasteiger partial charge in [0.25, 0.3) is 5.91 Å². The van der Waals surface area contributed by atoms with E-state index < -0.39 is 5.97 Å². The summed E-state index contributed by atoms with van der Waals surface area (Å²) in [7, 11) is 0. The minimum atomic E-state index is -0.441. The number of anilines is 1. The third-order valence-electron chi connectivity index (χ3n) is 3.99. The monoisotopic (exact) mass is 367 g/mol. The Hall–Kier alpha value is -2.85. The predicted octanol–water partition coefficient (Wildman–Crippen LogP) is 4.53. The van der Waals surface area contributed by atoms with Crippen LogP contribution in [0.2, 0.25) is 5.02 Å². The van der Waals surface area contributed by atoms with Gasteiger partial charge in [0.15, 0.2) is 6.61 Å². The minimum Gasteiger partial charge on any atom is -0.455 e. The molecule has 0 heterocycles. The van der Waals surface area contributed by atoms with Gasteiger partial charge < -0.3 is 10.1 Å². The highest BCUT2D eigenvalue weighted by Gasteiger charge is 2.10. The fraction of sp³-hybridized carbons (Fsp3) is 0.143. The highest BCUT2D eigenvalue weighted by Crippen LogP contribution is 2.19. The second-order valence-corrected chi connectivity index (χ2v) is 6.46. The maximum Gasteiger partial charge on any atom is 0.310 e. The highest BCUT2D eigenvalue weighted by atomic mass is 35.5. The Labute approximate surface area is 156 Å². The Kier molecular flexibility index (Phi) is 5.54. The summed E-state index contributed by atoms with van der Waals surface area (Å²) in [6.45, 7) is 1.52. The molecule has 5 heteroatoms. The van der Waals surface area contributed by atoms with E-state index in [1.165, 1.54) is 0 Å². The lowest BCUT2D eigenvalue weighted by Crippen LogP contribution is -2.22. The molecule has 0 aromatic heterocycles. The number of carbonyl (C=O) groups excluding carboxylic acids is 2. The molecular formula is C21H18ClNO3. The van der Waals surface area contributed by atoms with E-state index in [-0.39, 0.29) is 18.9 Å². The second-order valence-electron chi connectivity index (χ2n) is 6.03. The van der Waals surface area contributed by atoms with E-state index in [0.29, 0.717) is 10.7 Å². The summed E-state index contributed by atoms with van der Waals surface area (Å²) >= 11 is 5.89. The Morgan fingerprint density at radius 1 is 1.00 bits per heavy atom. The number of amides is 1. The van der Waals surface area contributed by atoms with Gasteiger partial charge in [0.2, 0.25) is 0 Å². The number of nitrogens with one attached hydrogen (secondary N) is 1. The van der Waals surface area contributed by atoms with Crippen LogP contribution >= 0.6 is 11.6 Å². The lowest BCUT2D eigenvalue weighted by Gasteiger charge is -2.09. The second kappa shape index (κ2) is 8.02. The zero-order chi connectivity index (χ0) is 18.5. The third kappa shape index (κ3) is 4.61. The molecule has 0 aliphatic heterocycles. The van der Waals surface area contributed by atoms with Crippen LogP contribution in [0.3, 0.4) is 0 Å². The van der Waals surface area contributed by atoms with Crippen LogP contribution in [-0.4, -0.2) is 18.5 Å². The highest BCUT2D eigenvalue weighted by molar-refractivity contribution is 6.30. The molecule has 132 valence electrons. The molecule has 0 spiro atoms. The molecule has 3 rings (SSSR count). The molecule has 0 aliphatic carbocycles. The minimum absolute atomic E-state index is 0.123. The first kappa shape index (κ1) is 18.0. The number of hydrogen-bond donors (Lipinski definition) is 1. The number of benzene rings is 3. The van der Waals surface area contributed by atoms with E-state index in [1.54, 1.807) is 18.2 Å². The largest absolute Gasteiger partial charge is 0.455 e. The molecule has 4 nitrogen and oxygen atoms in total. The molecule has 1 N–H and O–H groups in total. The number of rotatable bonds is 5. The van der Waals surface area contributed by atoms with E-state index in [1.807, 2.05) is 49.4 Å². The smallest absolute Gasteiger partial charge is 0.310 e. The van der Waals surface area contributed by atoms with Gasteiger partial charge in [-0.25, -0.2) is 0 Å². The zero-order valence-electron chi connectivity index (χ0n) is 14.3. The van der Waals surface area contributed by atoms with Gasteiger partial charge in [-0.3, -0.25) is 9.59 Å². The van der Waals surface area contributed by atoms with E-state index in [4.69, 9.17) is 16.3 Å². The SMILES string of the molecule is Cc1cc(Cl)ccc1NC(=O)COC(=O)Cc1ccc2ccccc2c1. The number of fused-ring (bicyclic) bond motifs is 1. The third-order valence-corrected chi connectivity index (χ3v) is 4.22. The summed E-state index contributed by atoms with van der Waals surface area (Å²) in [6.07, 6.45) is 0.123. The van der Waals surface area contributed by atoms with Crippen molar-refractivity contribution in [3.63, 3.8) is 0 Å². The van der Waals surface area contributed by atoms with Gasteiger partial charge in [0, 0.05) is 10.7 Å². The number of ether oxygens (including phenoxy) is 1. The molecule has 0 saturated heterocycles. The average Bonchev–Trinajstić information content (AvgIpc) is 2.62. The van der Waals surface area contributed by atoms with Crippen molar-refractivity contribution in [3.05, 3.63) is 76.8 Å². The summed E-state index contributed by atoms with van der Waals surface area (Å²) in [6, 6.07) is 18.9. The van der Waals surface area contributed by atoms with Crippen LogP contribution in [0.5, 0.6) is 0 Å². The van der Waals surface area contributed by atoms with Gasteiger partial charge in [-0.1, -0.05) is 54.1 Å². The van der Waals surface area contributed by atoms with Crippen molar-refractivity contribution in [2.45, 2.75) is 13.3 Å². The molecule has 0 unspecified atom stereocenters. The summed E-state index contributed by atoms with van der Waals surface area (Å²) in [4.78, 5) is 24.0. The Morgan fingerprint density at radius 2 is 1.77 bits per heavy atom. The summed E-state index contributed by atoms with van der Waals surface area (Å²) in [5, 5.41) is 5.48. The van der Waals surface area contributed by atoms with E-state index in [2.05, 4.69) is 5.32 Å². The van der Waals surface area contributed by atoms with Crippen LogP contribution in [-0.2, 0) is 20.7 Å². The van der Waals surface area contributed by atoms with Crippen LogP contribution in [0.1, 0.15) is 11.1 Å². The van der Waals surface area contributed by atoms with Gasteiger partial charge in [0.1, 0.15) is 0 Å². The first-order chi connectivity index (χ1) is 12.5. The van der Waals surface area contributed by atoms with Crippen molar-refractivity contribution < 1.29 is 14.3 Å². The van der Waals surface area contributed by atoms with Crippen LogP contribution in [0.25, 0.3) is 10.8 Å². The van der Waals surface area contributed by atoms with E-state index in [0.717, 1.165) is 21.9 Å². The van der Waals surface area contributed by atoms with E-state index >= 15 is 0 Å². The Balaban J connectivity index is 1.53. The molecule has 26 heavy (non-hydrogen) atoms. The molecule has 3 aromatic rings. The first-order valence-electron chi connectivity index (χ1n) is 8.20. The Bertz CT molecular complexity index is 968. The molecule has 1 amide bonds. The lowest BCUT2D eigenvalue weighted by atomic mass is 10.1. The van der Waals surface area contributed by atoms with Gasteiger partial charge in [0.05, 0.1) is 6.42 Å². The van der Waals surface area contributed by atoms with Gasteiger partial charge in [-0.05, 0) is 47.0 Å². The molecule has 0 saturated carbocycles. The summed E-state index contributed by atoms with van der Waals surface area (Å²) < 4.78 is 5.08. The van der Waals surface area contributed by atoms with Gasteiger partial charge in [-0.2, -0.15) is 0 Å². The van der Waals surface area contributed by atoms with Crippen molar-refractivity contribution in [3.8, 4) is 0 Å². The normalized spacial score (nSPS) is 10.5. The molecule has 0 atom stereocenters. The summed E-state index contributed by atoms with van der Waals surface area (Å²) in [5.41, 5.74) is 2.33. The molecule has 0 aliphatic rings. The van der Waals surface area contributed by atoms with Crippen molar-refractivity contribution in [2.24, 2.45) is 0 Å². The number of halogens is 1. The first-order valence-corrected chi connectivity index (χ1v) is 8.58. The fourth-order valence-corrected chi connectivity index (χ4v) is 2.89. The molecular weight excluding hydrogens is 350 g/mol. The standard InChI is InChI=1S/C21H18ClNO3/c1-14-10-18(22)8-9-19(14)23-20(24)13-26-21(25)12-15-6-7-16-4-2-3-5-17(16)11-15/h2-11H,12-13H2,1H3,(H,23,24). The number of carbonyl (C=O) groups is 2. The molecule has 0 bridgehead atoms. The van der Waals surface area contributed by atoms with Crippen molar-refractivity contribution >= 4 is 39.9 Å². The number of aryl methyl sites for hydroxylation is 1. The van der Waals surface area contributed by atoms with Crippen LogP contribution in [0, 0.1) is 6.92 Å². The van der Waals surface area contributed by atoms with Crippen LogP contribution in [0.4, 0.5) is 5.69 Å².